The number of nitrogens with zero attached hydrogens (tertiary/aromatic N) is 2. The molecule has 1 aliphatic rings. The number of hydrogen-bond donors (Lipinski definition) is 1. The molecule has 3 heteroatoms. The molecule has 0 amide bonds. The van der Waals surface area contributed by atoms with Crippen LogP contribution in [0.25, 0.3) is 0 Å². The Bertz CT molecular complexity index is 343. The lowest BCUT2D eigenvalue weighted by atomic mass is 9.96. The second-order valence-corrected chi connectivity index (χ2v) is 6.18. The molecule has 1 aromatic rings. The van der Waals surface area contributed by atoms with Crippen LogP contribution in [0.2, 0.25) is 0 Å². The zero-order valence-electron chi connectivity index (χ0n) is 11.4. The normalized spacial score (nSPS) is 18.5. The Morgan fingerprint density at radius 3 is 2.65 bits per heavy atom. The first-order chi connectivity index (χ1) is 8.04. The van der Waals surface area contributed by atoms with Crippen LogP contribution in [0.4, 0.5) is 0 Å². The third-order valence-electron chi connectivity index (χ3n) is 3.41. The second-order valence-electron chi connectivity index (χ2n) is 6.18. The molecule has 0 spiro atoms. The van der Waals surface area contributed by atoms with Crippen molar-refractivity contribution in [3.8, 4) is 0 Å². The smallest absolute Gasteiger partial charge is 0.0762 e. The summed E-state index contributed by atoms with van der Waals surface area (Å²) in [4.78, 5) is 0. The first-order valence-corrected chi connectivity index (χ1v) is 6.84. The van der Waals surface area contributed by atoms with Gasteiger partial charge in [0.15, 0.2) is 0 Å². The van der Waals surface area contributed by atoms with E-state index in [0.29, 0.717) is 6.04 Å². The highest BCUT2D eigenvalue weighted by Crippen LogP contribution is 2.27. The molecule has 0 radical (unpaired) electrons. The van der Waals surface area contributed by atoms with Crippen molar-refractivity contribution < 1.29 is 0 Å². The summed E-state index contributed by atoms with van der Waals surface area (Å²) in [5, 5.41) is 8.17. The summed E-state index contributed by atoms with van der Waals surface area (Å²) in [5.41, 5.74) is 1.32. The third-order valence-corrected chi connectivity index (χ3v) is 3.41. The van der Waals surface area contributed by atoms with Gasteiger partial charge in [0.25, 0.3) is 0 Å². The van der Waals surface area contributed by atoms with Gasteiger partial charge in [0, 0.05) is 18.3 Å². The molecule has 0 bridgehead atoms. The molecular formula is C14H25N3. The maximum Gasteiger partial charge on any atom is 0.0762 e. The SMILES string of the molecule is CC(C)(C)NCc1ccn(C2CCCCC2)n1. The number of aromatic nitrogens is 2. The van der Waals surface area contributed by atoms with Gasteiger partial charge in [-0.3, -0.25) is 4.68 Å². The summed E-state index contributed by atoms with van der Waals surface area (Å²) in [6, 6.07) is 2.79. The van der Waals surface area contributed by atoms with Gasteiger partial charge in [0.2, 0.25) is 0 Å². The lowest BCUT2D eigenvalue weighted by molar-refractivity contribution is 0.326. The molecule has 0 aromatic carbocycles. The highest BCUT2D eigenvalue weighted by atomic mass is 15.3. The summed E-state index contributed by atoms with van der Waals surface area (Å²) >= 11 is 0. The lowest BCUT2D eigenvalue weighted by Gasteiger charge is -2.22. The zero-order chi connectivity index (χ0) is 12.3. The van der Waals surface area contributed by atoms with Gasteiger partial charge in [-0.15, -0.1) is 0 Å². The summed E-state index contributed by atoms with van der Waals surface area (Å²) in [7, 11) is 0. The van der Waals surface area contributed by atoms with E-state index in [1.54, 1.807) is 0 Å². The molecule has 0 unspecified atom stereocenters. The Hall–Kier alpha value is -0.830. The Balaban J connectivity index is 1.91. The van der Waals surface area contributed by atoms with Crippen LogP contribution in [0, 0.1) is 0 Å². The minimum atomic E-state index is 0.161. The van der Waals surface area contributed by atoms with Crippen LogP contribution in [-0.2, 0) is 6.54 Å². The fourth-order valence-corrected chi connectivity index (χ4v) is 2.38. The van der Waals surface area contributed by atoms with E-state index < -0.39 is 0 Å². The van der Waals surface area contributed by atoms with Crippen LogP contribution in [0.1, 0.15) is 64.6 Å². The van der Waals surface area contributed by atoms with Crippen LogP contribution in [-0.4, -0.2) is 15.3 Å². The van der Waals surface area contributed by atoms with Crippen molar-refractivity contribution in [3.63, 3.8) is 0 Å². The molecule has 17 heavy (non-hydrogen) atoms. The van der Waals surface area contributed by atoms with Gasteiger partial charge < -0.3 is 5.32 Å². The van der Waals surface area contributed by atoms with E-state index >= 15 is 0 Å². The number of nitrogens with one attached hydrogen (secondary N) is 1. The van der Waals surface area contributed by atoms with Gasteiger partial charge in [0.05, 0.1) is 11.7 Å². The first kappa shape index (κ1) is 12.6. The molecular weight excluding hydrogens is 210 g/mol. The van der Waals surface area contributed by atoms with E-state index in [1.807, 2.05) is 0 Å². The molecule has 1 N–H and O–H groups in total. The molecule has 2 rings (SSSR count). The van der Waals surface area contributed by atoms with E-state index in [1.165, 1.54) is 32.1 Å². The number of rotatable bonds is 3. The van der Waals surface area contributed by atoms with E-state index in [-0.39, 0.29) is 5.54 Å². The predicted molar refractivity (Wildman–Crippen MR) is 70.9 cm³/mol. The van der Waals surface area contributed by atoms with E-state index in [0.717, 1.165) is 12.2 Å². The van der Waals surface area contributed by atoms with Crippen molar-refractivity contribution in [2.24, 2.45) is 0 Å². The van der Waals surface area contributed by atoms with Crippen LogP contribution < -0.4 is 5.32 Å². The van der Waals surface area contributed by atoms with E-state index in [2.05, 4.69) is 43.0 Å². The minimum absolute atomic E-state index is 0.161. The van der Waals surface area contributed by atoms with Gasteiger partial charge in [0.1, 0.15) is 0 Å². The van der Waals surface area contributed by atoms with Gasteiger partial charge in [-0.25, -0.2) is 0 Å². The Kier molecular flexibility index (Phi) is 3.87. The van der Waals surface area contributed by atoms with Gasteiger partial charge in [-0.2, -0.15) is 5.10 Å². The van der Waals surface area contributed by atoms with Gasteiger partial charge in [-0.05, 0) is 39.7 Å². The van der Waals surface area contributed by atoms with E-state index in [4.69, 9.17) is 5.10 Å². The fraction of sp³-hybridized carbons (Fsp3) is 0.786. The molecule has 96 valence electrons. The highest BCUT2D eigenvalue weighted by molar-refractivity contribution is 5.00. The molecule has 3 nitrogen and oxygen atoms in total. The molecule has 0 saturated heterocycles. The Morgan fingerprint density at radius 2 is 2.00 bits per heavy atom. The summed E-state index contributed by atoms with van der Waals surface area (Å²) in [6.07, 6.45) is 8.87. The van der Waals surface area contributed by atoms with Gasteiger partial charge in [-0.1, -0.05) is 19.3 Å². The molecule has 1 aromatic heterocycles. The Morgan fingerprint density at radius 1 is 1.29 bits per heavy atom. The molecule has 1 fully saturated rings. The summed E-state index contributed by atoms with van der Waals surface area (Å²) in [6.45, 7) is 7.42. The van der Waals surface area contributed by atoms with Gasteiger partial charge >= 0.3 is 0 Å². The van der Waals surface area contributed by atoms with Crippen molar-refractivity contribution in [3.05, 3.63) is 18.0 Å². The van der Waals surface area contributed by atoms with E-state index in [9.17, 15) is 0 Å². The lowest BCUT2D eigenvalue weighted by Crippen LogP contribution is -2.35. The quantitative estimate of drug-likeness (QED) is 0.871. The van der Waals surface area contributed by atoms with Crippen LogP contribution >= 0.6 is 0 Å². The van der Waals surface area contributed by atoms with Crippen LogP contribution in [0.15, 0.2) is 12.3 Å². The summed E-state index contributed by atoms with van der Waals surface area (Å²) < 4.78 is 2.18. The highest BCUT2D eigenvalue weighted by Gasteiger charge is 2.16. The predicted octanol–water partition coefficient (Wildman–Crippen LogP) is 3.28. The maximum atomic E-state index is 4.69. The monoisotopic (exact) mass is 235 g/mol. The van der Waals surface area contributed by atoms with Crippen molar-refractivity contribution in [2.75, 3.05) is 0 Å². The number of hydrogen-bond acceptors (Lipinski definition) is 2. The Labute approximate surface area is 105 Å². The first-order valence-electron chi connectivity index (χ1n) is 6.84. The third kappa shape index (κ3) is 3.84. The topological polar surface area (TPSA) is 29.9 Å². The largest absolute Gasteiger partial charge is 0.306 e. The second kappa shape index (κ2) is 5.21. The van der Waals surface area contributed by atoms with Crippen molar-refractivity contribution in [1.29, 1.82) is 0 Å². The van der Waals surface area contributed by atoms with Crippen molar-refractivity contribution in [1.82, 2.24) is 15.1 Å². The zero-order valence-corrected chi connectivity index (χ0v) is 11.4. The molecule has 0 aliphatic heterocycles. The van der Waals surface area contributed by atoms with Crippen molar-refractivity contribution in [2.45, 2.75) is 71.0 Å². The molecule has 1 aliphatic carbocycles. The average molecular weight is 235 g/mol. The minimum Gasteiger partial charge on any atom is -0.306 e. The fourth-order valence-electron chi connectivity index (χ4n) is 2.38. The standard InChI is InChI=1S/C14H25N3/c1-14(2,3)15-11-12-9-10-17(16-12)13-7-5-4-6-8-13/h9-10,13,15H,4-8,11H2,1-3H3. The van der Waals surface area contributed by atoms with Crippen LogP contribution in [0.5, 0.6) is 0 Å². The summed E-state index contributed by atoms with van der Waals surface area (Å²) in [5.74, 6) is 0. The van der Waals surface area contributed by atoms with Crippen molar-refractivity contribution >= 4 is 0 Å². The molecule has 0 atom stereocenters. The molecule has 1 heterocycles. The average Bonchev–Trinajstić information content (AvgIpc) is 2.75. The maximum absolute atomic E-state index is 4.69. The van der Waals surface area contributed by atoms with Crippen LogP contribution in [0.3, 0.4) is 0 Å². The molecule has 1 saturated carbocycles.